The number of sulfonamides is 1. The molecule has 0 spiro atoms. The van der Waals surface area contributed by atoms with Gasteiger partial charge in [0.15, 0.2) is 0 Å². The Morgan fingerprint density at radius 1 is 1.12 bits per heavy atom. The maximum absolute atomic E-state index is 12.9. The molecule has 2 N–H and O–H groups in total. The van der Waals surface area contributed by atoms with Crippen molar-refractivity contribution in [1.82, 2.24) is 0 Å². The molecule has 0 bridgehead atoms. The third-order valence-corrected chi connectivity index (χ3v) is 4.78. The van der Waals surface area contributed by atoms with Gasteiger partial charge in [0.05, 0.1) is 22.6 Å². The van der Waals surface area contributed by atoms with Crippen LogP contribution in [0.25, 0.3) is 0 Å². The van der Waals surface area contributed by atoms with Gasteiger partial charge in [-0.3, -0.25) is 9.52 Å². The number of carboxylic acid groups (broad SMARTS) is 1. The number of halogens is 4. The van der Waals surface area contributed by atoms with Crippen LogP contribution in [0.5, 0.6) is 0 Å². The summed E-state index contributed by atoms with van der Waals surface area (Å²) in [6.45, 7) is 0. The van der Waals surface area contributed by atoms with Gasteiger partial charge in [0.25, 0.3) is 10.0 Å². The number of aliphatic carboxylic acids is 1. The Morgan fingerprint density at radius 3 is 2.24 bits per heavy atom. The first-order valence-electron chi connectivity index (χ1n) is 6.69. The molecule has 0 fully saturated rings. The molecule has 0 aliphatic heterocycles. The lowest BCUT2D eigenvalue weighted by atomic mass is 10.1. The molecule has 0 saturated carbocycles. The van der Waals surface area contributed by atoms with Crippen LogP contribution >= 0.6 is 11.6 Å². The quantitative estimate of drug-likeness (QED) is 0.809. The van der Waals surface area contributed by atoms with Gasteiger partial charge in [-0.25, -0.2) is 8.42 Å². The maximum atomic E-state index is 12.9. The molecule has 10 heteroatoms. The minimum absolute atomic E-state index is 0.0990. The summed E-state index contributed by atoms with van der Waals surface area (Å²) in [5.41, 5.74) is -1.65. The predicted octanol–water partition coefficient (Wildman–Crippen LogP) is 3.79. The average Bonchev–Trinajstić information content (AvgIpc) is 2.47. The molecule has 134 valence electrons. The summed E-state index contributed by atoms with van der Waals surface area (Å²) < 4.78 is 65.2. The van der Waals surface area contributed by atoms with Gasteiger partial charge in [0.1, 0.15) is 0 Å². The molecule has 0 radical (unpaired) electrons. The maximum Gasteiger partial charge on any atom is 0.416 e. The Morgan fingerprint density at radius 2 is 1.72 bits per heavy atom. The van der Waals surface area contributed by atoms with Gasteiger partial charge >= 0.3 is 12.1 Å². The van der Waals surface area contributed by atoms with E-state index in [9.17, 15) is 26.4 Å². The Labute approximate surface area is 146 Å². The van der Waals surface area contributed by atoms with E-state index in [-0.39, 0.29) is 15.5 Å². The molecule has 0 aliphatic carbocycles. The number of rotatable bonds is 5. The number of carboxylic acids is 1. The van der Waals surface area contributed by atoms with E-state index in [2.05, 4.69) is 0 Å². The van der Waals surface area contributed by atoms with Crippen molar-refractivity contribution in [3.05, 3.63) is 58.6 Å². The topological polar surface area (TPSA) is 83.5 Å². The number of carbonyl (C=O) groups is 1. The largest absolute Gasteiger partial charge is 0.481 e. The average molecular weight is 394 g/mol. The summed E-state index contributed by atoms with van der Waals surface area (Å²) in [6, 6.07) is 7.14. The molecule has 5 nitrogen and oxygen atoms in total. The molecule has 0 unspecified atom stereocenters. The first-order valence-corrected chi connectivity index (χ1v) is 8.55. The van der Waals surface area contributed by atoms with Crippen molar-refractivity contribution >= 4 is 33.3 Å². The fourth-order valence-corrected chi connectivity index (χ4v) is 3.20. The van der Waals surface area contributed by atoms with E-state index in [1.165, 1.54) is 24.3 Å². The van der Waals surface area contributed by atoms with E-state index in [0.29, 0.717) is 12.1 Å². The molecule has 25 heavy (non-hydrogen) atoms. The van der Waals surface area contributed by atoms with E-state index < -0.39 is 39.8 Å². The Bertz CT molecular complexity index is 896. The van der Waals surface area contributed by atoms with E-state index in [1.807, 2.05) is 4.72 Å². The fourth-order valence-electron chi connectivity index (χ4n) is 1.98. The number of benzene rings is 2. The van der Waals surface area contributed by atoms with E-state index in [1.54, 1.807) is 0 Å². The summed E-state index contributed by atoms with van der Waals surface area (Å²) in [5, 5.41) is 9.13. The highest BCUT2D eigenvalue weighted by Gasteiger charge is 2.31. The fraction of sp³-hybridized carbons (Fsp3) is 0.133. The van der Waals surface area contributed by atoms with Crippen LogP contribution < -0.4 is 4.72 Å². The smallest absolute Gasteiger partial charge is 0.416 e. The lowest BCUT2D eigenvalue weighted by Gasteiger charge is -2.15. The standard InChI is InChI=1S/C15H11ClF3NO4S/c16-11-3-5-12(6-4-11)25(23,24)20-13-8-10(15(17,18)19)2-1-9(13)7-14(21)22/h1-6,8,20H,7H2,(H,21,22). The van der Waals surface area contributed by atoms with Gasteiger partial charge in [0, 0.05) is 5.02 Å². The van der Waals surface area contributed by atoms with Crippen molar-refractivity contribution in [3.8, 4) is 0 Å². The number of alkyl halides is 3. The van der Waals surface area contributed by atoms with E-state index in [4.69, 9.17) is 16.7 Å². The van der Waals surface area contributed by atoms with Crippen LogP contribution in [-0.4, -0.2) is 19.5 Å². The first-order chi connectivity index (χ1) is 11.5. The van der Waals surface area contributed by atoms with Gasteiger partial charge in [0.2, 0.25) is 0 Å². The minimum Gasteiger partial charge on any atom is -0.481 e. The number of hydrogen-bond donors (Lipinski definition) is 2. The predicted molar refractivity (Wildman–Crippen MR) is 85.0 cm³/mol. The monoisotopic (exact) mass is 393 g/mol. The molecule has 2 rings (SSSR count). The van der Waals surface area contributed by atoms with Crippen molar-refractivity contribution in [1.29, 1.82) is 0 Å². The highest BCUT2D eigenvalue weighted by molar-refractivity contribution is 7.92. The highest BCUT2D eigenvalue weighted by Crippen LogP contribution is 2.33. The molecule has 2 aromatic rings. The van der Waals surface area contributed by atoms with Crippen molar-refractivity contribution in [2.24, 2.45) is 0 Å². The molecule has 0 atom stereocenters. The zero-order valence-electron chi connectivity index (χ0n) is 12.3. The second-order valence-corrected chi connectivity index (χ2v) is 7.12. The van der Waals surface area contributed by atoms with Gasteiger partial charge in [-0.15, -0.1) is 0 Å². The van der Waals surface area contributed by atoms with Gasteiger partial charge in [-0.1, -0.05) is 17.7 Å². The Kier molecular flexibility index (Phi) is 5.28. The zero-order chi connectivity index (χ0) is 18.8. The van der Waals surface area contributed by atoms with E-state index >= 15 is 0 Å². The van der Waals surface area contributed by atoms with Crippen LogP contribution in [0.15, 0.2) is 47.4 Å². The Hall–Kier alpha value is -2.26. The van der Waals surface area contributed by atoms with Crippen LogP contribution in [-0.2, 0) is 27.4 Å². The van der Waals surface area contributed by atoms with Crippen molar-refractivity contribution in [2.45, 2.75) is 17.5 Å². The van der Waals surface area contributed by atoms with Crippen LogP contribution in [0.3, 0.4) is 0 Å². The third kappa shape index (κ3) is 4.86. The lowest BCUT2D eigenvalue weighted by molar-refractivity contribution is -0.137. The van der Waals surface area contributed by atoms with Crippen molar-refractivity contribution in [3.63, 3.8) is 0 Å². The lowest BCUT2D eigenvalue weighted by Crippen LogP contribution is -2.16. The number of hydrogen-bond acceptors (Lipinski definition) is 3. The second kappa shape index (κ2) is 6.93. The second-order valence-electron chi connectivity index (χ2n) is 5.00. The third-order valence-electron chi connectivity index (χ3n) is 3.15. The molecule has 2 aromatic carbocycles. The Balaban J connectivity index is 2.47. The molecule has 0 saturated heterocycles. The normalized spacial score (nSPS) is 12.0. The minimum atomic E-state index is -4.71. The summed E-state index contributed by atoms with van der Waals surface area (Å²) >= 11 is 5.67. The zero-order valence-corrected chi connectivity index (χ0v) is 13.9. The van der Waals surface area contributed by atoms with Crippen molar-refractivity contribution < 1.29 is 31.5 Å². The van der Waals surface area contributed by atoms with Crippen molar-refractivity contribution in [2.75, 3.05) is 4.72 Å². The summed E-state index contributed by atoms with van der Waals surface area (Å²) in [7, 11) is -4.22. The van der Waals surface area contributed by atoms with E-state index in [0.717, 1.165) is 6.07 Å². The van der Waals surface area contributed by atoms with Crippen LogP contribution in [0, 0.1) is 0 Å². The summed E-state index contributed by atoms with van der Waals surface area (Å²) in [5.74, 6) is -1.31. The molecule has 0 aliphatic rings. The molecule has 0 aromatic heterocycles. The molecule has 0 heterocycles. The molecule has 0 amide bonds. The van der Waals surface area contributed by atoms with Gasteiger partial charge < -0.3 is 5.11 Å². The number of anilines is 1. The van der Waals surface area contributed by atoms with Crippen LogP contribution in [0.4, 0.5) is 18.9 Å². The van der Waals surface area contributed by atoms with Gasteiger partial charge in [-0.2, -0.15) is 13.2 Å². The van der Waals surface area contributed by atoms with Crippen LogP contribution in [0.1, 0.15) is 11.1 Å². The van der Waals surface area contributed by atoms with Gasteiger partial charge in [-0.05, 0) is 42.0 Å². The first kappa shape index (κ1) is 19.1. The molecular formula is C15H11ClF3NO4S. The summed E-state index contributed by atoms with van der Waals surface area (Å²) in [6.07, 6.45) is -5.35. The molecular weight excluding hydrogens is 383 g/mol. The summed E-state index contributed by atoms with van der Waals surface area (Å²) in [4.78, 5) is 10.6. The highest BCUT2D eigenvalue weighted by atomic mass is 35.5. The SMILES string of the molecule is O=C(O)Cc1ccc(C(F)(F)F)cc1NS(=O)(=O)c1ccc(Cl)cc1. The van der Waals surface area contributed by atoms with Crippen LogP contribution in [0.2, 0.25) is 5.02 Å². The number of nitrogens with one attached hydrogen (secondary N) is 1.